The van der Waals surface area contributed by atoms with Crippen LogP contribution in [0.1, 0.15) is 11.6 Å². The van der Waals surface area contributed by atoms with Crippen molar-refractivity contribution in [2.24, 2.45) is 5.73 Å². The lowest BCUT2D eigenvalue weighted by molar-refractivity contribution is 0.223. The highest BCUT2D eigenvalue weighted by molar-refractivity contribution is 6.42. The van der Waals surface area contributed by atoms with Crippen LogP contribution in [-0.2, 0) is 0 Å². The Morgan fingerprint density at radius 3 is 2.28 bits per heavy atom. The molecule has 0 aliphatic rings. The minimum absolute atomic E-state index is 0.166. The van der Waals surface area contributed by atoms with Crippen LogP contribution in [0.25, 0.3) is 0 Å². The van der Waals surface area contributed by atoms with Gasteiger partial charge in [0.2, 0.25) is 0 Å². The number of rotatable bonds is 6. The average Bonchev–Trinajstić information content (AvgIpc) is 2.32. The van der Waals surface area contributed by atoms with Gasteiger partial charge >= 0.3 is 0 Å². The molecule has 18 heavy (non-hydrogen) atoms. The Kier molecular flexibility index (Phi) is 6.39. The van der Waals surface area contributed by atoms with Gasteiger partial charge < -0.3 is 10.6 Å². The maximum atomic E-state index is 6.05. The van der Waals surface area contributed by atoms with E-state index in [-0.39, 0.29) is 6.04 Å². The second kappa shape index (κ2) is 7.31. The minimum atomic E-state index is 0.166. The molecule has 1 atom stereocenters. The summed E-state index contributed by atoms with van der Waals surface area (Å²) in [4.78, 5) is 4.39. The molecule has 0 fully saturated rings. The zero-order valence-electron chi connectivity index (χ0n) is 11.2. The van der Waals surface area contributed by atoms with Crippen LogP contribution < -0.4 is 5.73 Å². The van der Waals surface area contributed by atoms with E-state index in [0.717, 1.165) is 18.7 Å². The smallest absolute Gasteiger partial charge is 0.0595 e. The Balaban J connectivity index is 2.78. The Bertz CT molecular complexity index is 382. The maximum absolute atomic E-state index is 6.05. The molecule has 0 amide bonds. The molecule has 0 aromatic heterocycles. The standard InChI is InChI=1S/C13H21Cl2N3/c1-17(2)6-7-18(3)13(9-16)10-4-5-11(14)12(15)8-10/h4-5,8,13H,6-7,9,16H2,1-3H3. The van der Waals surface area contributed by atoms with Gasteiger partial charge in [-0.2, -0.15) is 0 Å². The Hall–Kier alpha value is -0.320. The first-order valence-electron chi connectivity index (χ1n) is 5.95. The predicted molar refractivity (Wildman–Crippen MR) is 79.4 cm³/mol. The van der Waals surface area contributed by atoms with Crippen molar-refractivity contribution in [3.63, 3.8) is 0 Å². The van der Waals surface area contributed by atoms with Gasteiger partial charge in [0, 0.05) is 25.7 Å². The molecular formula is C13H21Cl2N3. The minimum Gasteiger partial charge on any atom is -0.329 e. The number of hydrogen-bond donors (Lipinski definition) is 1. The molecule has 0 radical (unpaired) electrons. The summed E-state index contributed by atoms with van der Waals surface area (Å²) in [7, 11) is 6.19. The summed E-state index contributed by atoms with van der Waals surface area (Å²) in [6.45, 7) is 2.51. The van der Waals surface area contributed by atoms with E-state index < -0.39 is 0 Å². The molecule has 1 aromatic carbocycles. The summed E-state index contributed by atoms with van der Waals surface area (Å²) >= 11 is 12.0. The summed E-state index contributed by atoms with van der Waals surface area (Å²) in [5.74, 6) is 0. The lowest BCUT2D eigenvalue weighted by Crippen LogP contribution is -2.35. The zero-order valence-corrected chi connectivity index (χ0v) is 12.7. The van der Waals surface area contributed by atoms with Gasteiger partial charge in [-0.1, -0.05) is 29.3 Å². The van der Waals surface area contributed by atoms with Gasteiger partial charge in [0.05, 0.1) is 10.0 Å². The third-order valence-corrected chi connectivity index (χ3v) is 3.72. The summed E-state index contributed by atoms with van der Waals surface area (Å²) in [5.41, 5.74) is 6.97. The summed E-state index contributed by atoms with van der Waals surface area (Å²) in [5, 5.41) is 1.15. The van der Waals surface area contributed by atoms with Gasteiger partial charge in [0.15, 0.2) is 0 Å². The fraction of sp³-hybridized carbons (Fsp3) is 0.538. The van der Waals surface area contributed by atoms with E-state index >= 15 is 0 Å². The Morgan fingerprint density at radius 1 is 1.11 bits per heavy atom. The van der Waals surface area contributed by atoms with Crippen LogP contribution in [0.4, 0.5) is 0 Å². The van der Waals surface area contributed by atoms with Crippen molar-refractivity contribution < 1.29 is 0 Å². The Labute approximate surface area is 119 Å². The summed E-state index contributed by atoms with van der Waals surface area (Å²) < 4.78 is 0. The van der Waals surface area contributed by atoms with Crippen molar-refractivity contribution in [3.8, 4) is 0 Å². The van der Waals surface area contributed by atoms with Gasteiger partial charge in [-0.25, -0.2) is 0 Å². The SMILES string of the molecule is CN(C)CCN(C)C(CN)c1ccc(Cl)c(Cl)c1. The molecule has 1 rings (SSSR count). The third-order valence-electron chi connectivity index (χ3n) is 2.98. The number of nitrogens with zero attached hydrogens (tertiary/aromatic N) is 2. The molecule has 0 aliphatic heterocycles. The first-order valence-corrected chi connectivity index (χ1v) is 6.71. The van der Waals surface area contributed by atoms with Crippen molar-refractivity contribution >= 4 is 23.2 Å². The van der Waals surface area contributed by atoms with E-state index in [1.54, 1.807) is 0 Å². The fourth-order valence-corrected chi connectivity index (χ4v) is 2.11. The first-order chi connectivity index (χ1) is 8.45. The van der Waals surface area contributed by atoms with Gasteiger partial charge in [0.1, 0.15) is 0 Å². The molecule has 5 heteroatoms. The van der Waals surface area contributed by atoms with Crippen LogP contribution in [0.3, 0.4) is 0 Å². The normalized spacial score (nSPS) is 13.3. The molecule has 0 saturated carbocycles. The zero-order chi connectivity index (χ0) is 13.7. The number of benzene rings is 1. The molecule has 3 nitrogen and oxygen atoms in total. The summed E-state index contributed by atoms with van der Waals surface area (Å²) in [6, 6.07) is 5.87. The van der Waals surface area contributed by atoms with E-state index in [1.165, 1.54) is 0 Å². The van der Waals surface area contributed by atoms with Gasteiger partial charge in [0.25, 0.3) is 0 Å². The van der Waals surface area contributed by atoms with Crippen LogP contribution in [0, 0.1) is 0 Å². The highest BCUT2D eigenvalue weighted by Crippen LogP contribution is 2.27. The quantitative estimate of drug-likeness (QED) is 0.873. The highest BCUT2D eigenvalue weighted by Gasteiger charge is 2.16. The van der Waals surface area contributed by atoms with Crippen molar-refractivity contribution in [2.75, 3.05) is 40.8 Å². The molecule has 0 bridgehead atoms. The number of hydrogen-bond acceptors (Lipinski definition) is 3. The van der Waals surface area contributed by atoms with Crippen LogP contribution in [-0.4, -0.2) is 50.6 Å². The second-order valence-corrected chi connectivity index (χ2v) is 5.52. The van der Waals surface area contributed by atoms with Gasteiger partial charge in [-0.05, 0) is 38.8 Å². The number of likely N-dealkylation sites (N-methyl/N-ethyl adjacent to an activating group) is 2. The lowest BCUT2D eigenvalue weighted by Gasteiger charge is -2.28. The molecule has 0 spiro atoms. The van der Waals surface area contributed by atoms with Crippen molar-refractivity contribution in [3.05, 3.63) is 33.8 Å². The van der Waals surface area contributed by atoms with Crippen molar-refractivity contribution in [2.45, 2.75) is 6.04 Å². The largest absolute Gasteiger partial charge is 0.329 e. The number of halogens is 2. The van der Waals surface area contributed by atoms with Gasteiger partial charge in [-0.15, -0.1) is 0 Å². The molecule has 0 aliphatic carbocycles. The fourth-order valence-electron chi connectivity index (χ4n) is 1.80. The topological polar surface area (TPSA) is 32.5 Å². The molecule has 1 unspecified atom stereocenters. The highest BCUT2D eigenvalue weighted by atomic mass is 35.5. The third kappa shape index (κ3) is 4.41. The molecule has 1 aromatic rings. The van der Waals surface area contributed by atoms with Crippen molar-refractivity contribution in [1.29, 1.82) is 0 Å². The average molecular weight is 290 g/mol. The van der Waals surface area contributed by atoms with Gasteiger partial charge in [-0.3, -0.25) is 4.90 Å². The van der Waals surface area contributed by atoms with E-state index in [9.17, 15) is 0 Å². The number of nitrogens with two attached hydrogens (primary N) is 1. The Morgan fingerprint density at radius 2 is 1.78 bits per heavy atom. The van der Waals surface area contributed by atoms with E-state index in [4.69, 9.17) is 28.9 Å². The molecule has 102 valence electrons. The van der Waals surface area contributed by atoms with E-state index in [1.807, 2.05) is 18.2 Å². The summed E-state index contributed by atoms with van der Waals surface area (Å²) in [6.07, 6.45) is 0. The van der Waals surface area contributed by atoms with Crippen molar-refractivity contribution in [1.82, 2.24) is 9.80 Å². The molecule has 0 heterocycles. The molecule has 2 N–H and O–H groups in total. The lowest BCUT2D eigenvalue weighted by atomic mass is 10.1. The van der Waals surface area contributed by atoms with E-state index in [2.05, 4.69) is 30.9 Å². The second-order valence-electron chi connectivity index (χ2n) is 4.71. The maximum Gasteiger partial charge on any atom is 0.0595 e. The monoisotopic (exact) mass is 289 g/mol. The van der Waals surface area contributed by atoms with Crippen LogP contribution >= 0.6 is 23.2 Å². The van der Waals surface area contributed by atoms with Crippen LogP contribution in [0.15, 0.2) is 18.2 Å². The van der Waals surface area contributed by atoms with E-state index in [0.29, 0.717) is 16.6 Å². The first kappa shape index (κ1) is 15.7. The molecular weight excluding hydrogens is 269 g/mol. The predicted octanol–water partition coefficient (Wildman–Crippen LogP) is 2.49. The van der Waals surface area contributed by atoms with Crippen LogP contribution in [0.5, 0.6) is 0 Å². The van der Waals surface area contributed by atoms with Crippen LogP contribution in [0.2, 0.25) is 10.0 Å². The molecule has 0 saturated heterocycles.